The third-order valence-electron chi connectivity index (χ3n) is 5.37. The van der Waals surface area contributed by atoms with Crippen LogP contribution in [0.25, 0.3) is 10.9 Å². The topological polar surface area (TPSA) is 107 Å². The number of aromatic nitrogens is 1. The van der Waals surface area contributed by atoms with Crippen LogP contribution < -0.4 is 20.1 Å². The van der Waals surface area contributed by atoms with Gasteiger partial charge in [-0.15, -0.1) is 0 Å². The zero-order valence-electron chi connectivity index (χ0n) is 17.8. The van der Waals surface area contributed by atoms with Crippen LogP contribution in [0.3, 0.4) is 0 Å². The molecule has 33 heavy (non-hydrogen) atoms. The van der Waals surface area contributed by atoms with Crippen LogP contribution in [-0.2, 0) is 4.79 Å². The number of fused-ring (bicyclic) bond motifs is 2. The molecule has 0 radical (unpaired) electrons. The second-order valence-electron chi connectivity index (χ2n) is 7.92. The third-order valence-corrected chi connectivity index (χ3v) is 6.28. The van der Waals surface area contributed by atoms with Crippen molar-refractivity contribution in [2.45, 2.75) is 30.8 Å². The van der Waals surface area contributed by atoms with E-state index in [2.05, 4.69) is 15.6 Å². The van der Waals surface area contributed by atoms with Gasteiger partial charge in [-0.3, -0.25) is 14.4 Å². The summed E-state index contributed by atoms with van der Waals surface area (Å²) in [6.45, 7) is 1.50. The largest absolute Gasteiger partial charge is 0.454 e. The molecule has 2 aliphatic rings. The molecule has 2 aromatic carbocycles. The molecule has 0 unspecified atom stereocenters. The van der Waals surface area contributed by atoms with Crippen LogP contribution in [-0.4, -0.2) is 41.2 Å². The third kappa shape index (κ3) is 4.63. The van der Waals surface area contributed by atoms with Gasteiger partial charge in [-0.2, -0.15) is 0 Å². The zero-order valence-corrected chi connectivity index (χ0v) is 18.7. The van der Waals surface area contributed by atoms with Crippen LogP contribution in [0.4, 0.5) is 5.69 Å². The summed E-state index contributed by atoms with van der Waals surface area (Å²) in [5.41, 5.74) is 1.96. The Kier molecular flexibility index (Phi) is 5.63. The minimum Gasteiger partial charge on any atom is -0.454 e. The Bertz CT molecular complexity index is 1290. The molecule has 1 aliphatic heterocycles. The van der Waals surface area contributed by atoms with E-state index in [1.54, 1.807) is 18.2 Å². The number of hydrogen-bond acceptors (Lipinski definition) is 7. The molecule has 1 aromatic heterocycles. The number of carbonyl (C=O) groups excluding carboxylic acids is 3. The lowest BCUT2D eigenvalue weighted by Crippen LogP contribution is -2.25. The Morgan fingerprint density at radius 1 is 1.06 bits per heavy atom. The predicted molar refractivity (Wildman–Crippen MR) is 124 cm³/mol. The standard InChI is InChI=1S/C24H21N3O5S/c1-13(28)16-8-20-21(32-12-31-20)10-19(16)26-22(29)11-33-23-9-17(24(30)25-14-6-7-14)15-4-2-3-5-18(15)27-23/h2-5,8-10,14H,6-7,11-12H2,1H3,(H,25,30)(H,26,29). The Morgan fingerprint density at radius 3 is 2.58 bits per heavy atom. The number of nitrogens with zero attached hydrogens (tertiary/aromatic N) is 1. The fourth-order valence-corrected chi connectivity index (χ4v) is 4.28. The van der Waals surface area contributed by atoms with Crippen molar-refractivity contribution in [2.24, 2.45) is 0 Å². The van der Waals surface area contributed by atoms with Gasteiger partial charge in [0, 0.05) is 23.1 Å². The SMILES string of the molecule is CC(=O)c1cc2c(cc1NC(=O)CSc1cc(C(=O)NC3CC3)c3ccccc3n1)OCO2. The molecule has 0 spiro atoms. The Morgan fingerprint density at radius 2 is 1.82 bits per heavy atom. The second kappa shape index (κ2) is 8.74. The highest BCUT2D eigenvalue weighted by Crippen LogP contribution is 2.37. The fraction of sp³-hybridized carbons (Fsp3) is 0.250. The first kappa shape index (κ1) is 21.3. The van der Waals surface area contributed by atoms with Crippen LogP contribution in [0.15, 0.2) is 47.5 Å². The molecule has 3 aromatic rings. The minimum absolute atomic E-state index is 0.0564. The van der Waals surface area contributed by atoms with Gasteiger partial charge in [-0.05, 0) is 38.0 Å². The van der Waals surface area contributed by atoms with E-state index in [1.165, 1.54) is 18.7 Å². The van der Waals surface area contributed by atoms with Crippen molar-refractivity contribution >= 4 is 45.9 Å². The van der Waals surface area contributed by atoms with Crippen molar-refractivity contribution in [3.05, 3.63) is 53.6 Å². The van der Waals surface area contributed by atoms with Gasteiger partial charge in [-0.25, -0.2) is 4.98 Å². The molecule has 8 nitrogen and oxygen atoms in total. The number of ketones is 1. The number of para-hydroxylation sites is 1. The number of benzene rings is 2. The summed E-state index contributed by atoms with van der Waals surface area (Å²) in [6, 6.07) is 12.6. The number of rotatable bonds is 7. The van der Waals surface area contributed by atoms with E-state index >= 15 is 0 Å². The molecule has 1 saturated carbocycles. The normalized spacial score (nSPS) is 14.2. The summed E-state index contributed by atoms with van der Waals surface area (Å²) in [5.74, 6) is 0.379. The quantitative estimate of drug-likeness (QED) is 0.406. The maximum Gasteiger partial charge on any atom is 0.252 e. The summed E-state index contributed by atoms with van der Waals surface area (Å²) in [5, 5.41) is 7.14. The molecule has 5 rings (SSSR count). The van der Waals surface area contributed by atoms with Crippen LogP contribution in [0.2, 0.25) is 0 Å². The van der Waals surface area contributed by atoms with Crippen molar-refractivity contribution in [3.63, 3.8) is 0 Å². The number of ether oxygens (including phenoxy) is 2. The molecule has 0 saturated heterocycles. The van der Waals surface area contributed by atoms with Gasteiger partial charge < -0.3 is 20.1 Å². The molecular weight excluding hydrogens is 442 g/mol. The number of Topliss-reactive ketones (excluding diaryl/α,β-unsaturated/α-hetero) is 1. The molecule has 0 atom stereocenters. The van der Waals surface area contributed by atoms with E-state index in [0.29, 0.717) is 38.9 Å². The van der Waals surface area contributed by atoms with E-state index < -0.39 is 0 Å². The van der Waals surface area contributed by atoms with Gasteiger partial charge in [-0.1, -0.05) is 30.0 Å². The summed E-state index contributed by atoms with van der Waals surface area (Å²) in [4.78, 5) is 42.1. The molecule has 1 fully saturated rings. The summed E-state index contributed by atoms with van der Waals surface area (Å²) >= 11 is 1.22. The van der Waals surface area contributed by atoms with Crippen LogP contribution in [0.1, 0.15) is 40.5 Å². The smallest absolute Gasteiger partial charge is 0.252 e. The summed E-state index contributed by atoms with van der Waals surface area (Å²) in [6.07, 6.45) is 2.00. The lowest BCUT2D eigenvalue weighted by molar-refractivity contribution is -0.113. The van der Waals surface area contributed by atoms with E-state index in [9.17, 15) is 14.4 Å². The van der Waals surface area contributed by atoms with Gasteiger partial charge in [0.2, 0.25) is 12.7 Å². The molecule has 0 bridgehead atoms. The molecule has 168 valence electrons. The number of carbonyl (C=O) groups is 3. The summed E-state index contributed by atoms with van der Waals surface area (Å²) in [7, 11) is 0. The first-order valence-corrected chi connectivity index (χ1v) is 11.5. The second-order valence-corrected chi connectivity index (χ2v) is 8.91. The molecule has 1 aliphatic carbocycles. The van der Waals surface area contributed by atoms with Gasteiger partial charge in [0.25, 0.3) is 5.91 Å². The highest BCUT2D eigenvalue weighted by Gasteiger charge is 2.25. The van der Waals surface area contributed by atoms with Gasteiger partial charge in [0.15, 0.2) is 17.3 Å². The first-order valence-electron chi connectivity index (χ1n) is 10.6. The first-order chi connectivity index (χ1) is 16.0. The molecule has 2 amide bonds. The number of anilines is 1. The number of thioether (sulfide) groups is 1. The van der Waals surface area contributed by atoms with E-state index in [0.717, 1.165) is 18.2 Å². The molecule has 2 heterocycles. The number of nitrogens with one attached hydrogen (secondary N) is 2. The average Bonchev–Trinajstić information content (AvgIpc) is 3.50. The molecule has 2 N–H and O–H groups in total. The van der Waals surface area contributed by atoms with Crippen molar-refractivity contribution in [1.82, 2.24) is 10.3 Å². The van der Waals surface area contributed by atoms with Gasteiger partial charge >= 0.3 is 0 Å². The van der Waals surface area contributed by atoms with Crippen molar-refractivity contribution in [2.75, 3.05) is 17.9 Å². The highest BCUT2D eigenvalue weighted by atomic mass is 32.2. The fourth-order valence-electron chi connectivity index (χ4n) is 3.57. The van der Waals surface area contributed by atoms with Crippen molar-refractivity contribution in [3.8, 4) is 11.5 Å². The van der Waals surface area contributed by atoms with Crippen LogP contribution >= 0.6 is 11.8 Å². The Balaban J connectivity index is 1.33. The number of pyridine rings is 1. The lowest BCUT2D eigenvalue weighted by atomic mass is 10.1. The van der Waals surface area contributed by atoms with E-state index in [-0.39, 0.29) is 36.2 Å². The highest BCUT2D eigenvalue weighted by molar-refractivity contribution is 7.99. The zero-order chi connectivity index (χ0) is 22.9. The monoisotopic (exact) mass is 463 g/mol. The maximum atomic E-state index is 12.8. The van der Waals surface area contributed by atoms with Crippen molar-refractivity contribution in [1.29, 1.82) is 0 Å². The van der Waals surface area contributed by atoms with Crippen molar-refractivity contribution < 1.29 is 23.9 Å². The number of amides is 2. The number of hydrogen-bond donors (Lipinski definition) is 2. The lowest BCUT2D eigenvalue weighted by Gasteiger charge is -2.11. The van der Waals surface area contributed by atoms with E-state index in [1.807, 2.05) is 24.3 Å². The minimum atomic E-state index is -0.305. The Hall–Kier alpha value is -3.59. The molecular formula is C24H21N3O5S. The van der Waals surface area contributed by atoms with Crippen LogP contribution in [0, 0.1) is 0 Å². The van der Waals surface area contributed by atoms with Crippen LogP contribution in [0.5, 0.6) is 11.5 Å². The van der Waals surface area contributed by atoms with Gasteiger partial charge in [0.05, 0.1) is 27.5 Å². The average molecular weight is 464 g/mol. The summed E-state index contributed by atoms with van der Waals surface area (Å²) < 4.78 is 10.7. The van der Waals surface area contributed by atoms with Gasteiger partial charge in [0.1, 0.15) is 0 Å². The van der Waals surface area contributed by atoms with E-state index in [4.69, 9.17) is 9.47 Å². The maximum absolute atomic E-state index is 12.8. The molecule has 9 heteroatoms. The Labute approximate surface area is 194 Å². The predicted octanol–water partition coefficient (Wildman–Crippen LogP) is 3.79.